The molecule has 72 valence electrons. The average molecular weight is 188 g/mol. The molecule has 0 amide bonds. The Hall–Kier alpha value is -1.57. The Morgan fingerprint density at radius 1 is 1.07 bits per heavy atom. The van der Waals surface area contributed by atoms with Gasteiger partial charge < -0.3 is 4.42 Å². The van der Waals surface area contributed by atoms with Crippen molar-refractivity contribution in [2.24, 2.45) is 0 Å². The van der Waals surface area contributed by atoms with Crippen molar-refractivity contribution in [2.45, 2.75) is 20.8 Å². The molecule has 14 heavy (non-hydrogen) atoms. The Morgan fingerprint density at radius 2 is 1.79 bits per heavy atom. The lowest BCUT2D eigenvalue weighted by Crippen LogP contribution is -2.02. The Labute approximate surface area is 82.2 Å². The number of rotatable bonds is 0. The van der Waals surface area contributed by atoms with Crippen LogP contribution >= 0.6 is 0 Å². The zero-order chi connectivity index (χ0) is 10.3. The molecule has 0 fully saturated rings. The second kappa shape index (κ2) is 2.98. The molecule has 0 radical (unpaired) electrons. The van der Waals surface area contributed by atoms with Crippen LogP contribution in [0.1, 0.15) is 16.9 Å². The number of aryl methyl sites for hydroxylation is 3. The number of benzene rings is 1. The van der Waals surface area contributed by atoms with Crippen molar-refractivity contribution in [2.75, 3.05) is 0 Å². The van der Waals surface area contributed by atoms with E-state index < -0.39 is 0 Å². The maximum absolute atomic E-state index is 11.5. The summed E-state index contributed by atoms with van der Waals surface area (Å²) in [7, 11) is 0. The van der Waals surface area contributed by atoms with Crippen LogP contribution in [0.4, 0.5) is 0 Å². The van der Waals surface area contributed by atoms with Crippen LogP contribution in [0.3, 0.4) is 0 Å². The zero-order valence-corrected chi connectivity index (χ0v) is 8.55. The summed E-state index contributed by atoms with van der Waals surface area (Å²) >= 11 is 0. The van der Waals surface area contributed by atoms with E-state index in [2.05, 4.69) is 0 Å². The van der Waals surface area contributed by atoms with Gasteiger partial charge in [-0.15, -0.1) is 0 Å². The third-order valence-electron chi connectivity index (χ3n) is 2.57. The Balaban J connectivity index is 3.02. The molecule has 0 unspecified atom stereocenters. The lowest BCUT2D eigenvalue weighted by atomic mass is 10.1. The molecule has 1 aromatic heterocycles. The highest BCUT2D eigenvalue weighted by Crippen LogP contribution is 2.18. The topological polar surface area (TPSA) is 30.2 Å². The molecule has 0 saturated heterocycles. The van der Waals surface area contributed by atoms with Gasteiger partial charge in [0.1, 0.15) is 5.76 Å². The van der Waals surface area contributed by atoms with E-state index in [0.29, 0.717) is 11.1 Å². The first-order valence-electron chi connectivity index (χ1n) is 4.60. The number of hydrogen-bond donors (Lipinski definition) is 0. The molecule has 0 aliphatic carbocycles. The SMILES string of the molecule is Cc1ccc2c(C)c(C)oc(=O)c2c1. The van der Waals surface area contributed by atoms with Gasteiger partial charge in [0.25, 0.3) is 0 Å². The van der Waals surface area contributed by atoms with Gasteiger partial charge in [-0.1, -0.05) is 17.7 Å². The molecule has 0 aliphatic heterocycles. The fraction of sp³-hybridized carbons (Fsp3) is 0.250. The highest BCUT2D eigenvalue weighted by Gasteiger charge is 2.06. The van der Waals surface area contributed by atoms with Crippen molar-refractivity contribution >= 4 is 10.8 Å². The van der Waals surface area contributed by atoms with Gasteiger partial charge in [-0.2, -0.15) is 0 Å². The van der Waals surface area contributed by atoms with E-state index in [1.807, 2.05) is 39.0 Å². The molecule has 0 aliphatic rings. The van der Waals surface area contributed by atoms with Crippen molar-refractivity contribution in [1.82, 2.24) is 0 Å². The molecule has 2 rings (SSSR count). The summed E-state index contributed by atoms with van der Waals surface area (Å²) in [4.78, 5) is 11.5. The minimum absolute atomic E-state index is 0.244. The third kappa shape index (κ3) is 1.23. The molecule has 0 N–H and O–H groups in total. The van der Waals surface area contributed by atoms with Crippen LogP contribution in [-0.2, 0) is 0 Å². The monoisotopic (exact) mass is 188 g/mol. The van der Waals surface area contributed by atoms with Crippen molar-refractivity contribution in [3.63, 3.8) is 0 Å². The van der Waals surface area contributed by atoms with Crippen molar-refractivity contribution in [3.8, 4) is 0 Å². The normalized spacial score (nSPS) is 10.8. The minimum atomic E-state index is -0.244. The maximum Gasteiger partial charge on any atom is 0.343 e. The van der Waals surface area contributed by atoms with E-state index in [0.717, 1.165) is 16.5 Å². The van der Waals surface area contributed by atoms with Crippen LogP contribution < -0.4 is 5.63 Å². The minimum Gasteiger partial charge on any atom is -0.427 e. The summed E-state index contributed by atoms with van der Waals surface area (Å²) in [5, 5.41) is 1.66. The summed E-state index contributed by atoms with van der Waals surface area (Å²) in [6.45, 7) is 5.75. The summed E-state index contributed by atoms with van der Waals surface area (Å²) in [6, 6.07) is 5.85. The Bertz CT molecular complexity index is 550. The van der Waals surface area contributed by atoms with E-state index in [4.69, 9.17) is 4.42 Å². The zero-order valence-electron chi connectivity index (χ0n) is 8.55. The smallest absolute Gasteiger partial charge is 0.343 e. The molecular weight excluding hydrogens is 176 g/mol. The van der Waals surface area contributed by atoms with Gasteiger partial charge in [-0.25, -0.2) is 4.79 Å². The van der Waals surface area contributed by atoms with E-state index in [9.17, 15) is 4.79 Å². The fourth-order valence-corrected chi connectivity index (χ4v) is 1.61. The molecule has 2 heteroatoms. The predicted octanol–water partition coefficient (Wildman–Crippen LogP) is 2.72. The molecule has 2 nitrogen and oxygen atoms in total. The van der Waals surface area contributed by atoms with Crippen molar-refractivity contribution in [1.29, 1.82) is 0 Å². The summed E-state index contributed by atoms with van der Waals surface area (Å²) in [5.41, 5.74) is 1.87. The van der Waals surface area contributed by atoms with Crippen molar-refractivity contribution in [3.05, 3.63) is 45.5 Å². The lowest BCUT2D eigenvalue weighted by molar-refractivity contribution is 0.484. The summed E-state index contributed by atoms with van der Waals surface area (Å²) < 4.78 is 5.12. The first kappa shape index (κ1) is 9.00. The van der Waals surface area contributed by atoms with Gasteiger partial charge >= 0.3 is 5.63 Å². The molecule has 0 spiro atoms. The van der Waals surface area contributed by atoms with Gasteiger partial charge in [-0.3, -0.25) is 0 Å². The van der Waals surface area contributed by atoms with Crippen LogP contribution in [0.25, 0.3) is 10.8 Å². The third-order valence-corrected chi connectivity index (χ3v) is 2.57. The quantitative estimate of drug-likeness (QED) is 0.636. The van der Waals surface area contributed by atoms with Gasteiger partial charge in [0, 0.05) is 0 Å². The van der Waals surface area contributed by atoms with Crippen LogP contribution in [-0.4, -0.2) is 0 Å². The van der Waals surface area contributed by atoms with Crippen molar-refractivity contribution < 1.29 is 4.42 Å². The van der Waals surface area contributed by atoms with E-state index in [1.165, 1.54) is 0 Å². The number of fused-ring (bicyclic) bond motifs is 1. The molecule has 1 aromatic carbocycles. The fourth-order valence-electron chi connectivity index (χ4n) is 1.61. The second-order valence-electron chi connectivity index (χ2n) is 3.62. The molecule has 0 bridgehead atoms. The van der Waals surface area contributed by atoms with E-state index in [-0.39, 0.29) is 5.63 Å². The lowest BCUT2D eigenvalue weighted by Gasteiger charge is -2.04. The predicted molar refractivity (Wildman–Crippen MR) is 56.7 cm³/mol. The Kier molecular flexibility index (Phi) is 1.92. The van der Waals surface area contributed by atoms with Gasteiger partial charge in [0.2, 0.25) is 0 Å². The highest BCUT2D eigenvalue weighted by atomic mass is 16.4. The molecular formula is C12H12O2. The Morgan fingerprint density at radius 3 is 2.50 bits per heavy atom. The van der Waals surface area contributed by atoms with E-state index >= 15 is 0 Å². The summed E-state index contributed by atoms with van der Waals surface area (Å²) in [5.74, 6) is 0.700. The average Bonchev–Trinajstić information content (AvgIpc) is 2.14. The standard InChI is InChI=1S/C12H12O2/c1-7-4-5-10-8(2)9(3)14-12(13)11(10)6-7/h4-6H,1-3H3. The highest BCUT2D eigenvalue weighted by molar-refractivity contribution is 5.85. The van der Waals surface area contributed by atoms with Crippen LogP contribution in [0.15, 0.2) is 27.4 Å². The molecule has 2 aromatic rings. The molecule has 0 saturated carbocycles. The van der Waals surface area contributed by atoms with Gasteiger partial charge in [0.15, 0.2) is 0 Å². The van der Waals surface area contributed by atoms with Gasteiger partial charge in [0.05, 0.1) is 5.39 Å². The van der Waals surface area contributed by atoms with E-state index in [1.54, 1.807) is 0 Å². The molecule has 1 heterocycles. The first-order chi connectivity index (χ1) is 6.59. The number of hydrogen-bond acceptors (Lipinski definition) is 2. The van der Waals surface area contributed by atoms with Crippen LogP contribution in [0.2, 0.25) is 0 Å². The first-order valence-corrected chi connectivity index (χ1v) is 4.60. The molecule has 0 atom stereocenters. The maximum atomic E-state index is 11.5. The van der Waals surface area contributed by atoms with Crippen LogP contribution in [0, 0.1) is 20.8 Å². The van der Waals surface area contributed by atoms with Gasteiger partial charge in [-0.05, 0) is 37.8 Å². The van der Waals surface area contributed by atoms with Crippen LogP contribution in [0.5, 0.6) is 0 Å². The second-order valence-corrected chi connectivity index (χ2v) is 3.62. The summed E-state index contributed by atoms with van der Waals surface area (Å²) in [6.07, 6.45) is 0. The largest absolute Gasteiger partial charge is 0.427 e.